The molecule has 28 heavy (non-hydrogen) atoms. The number of likely N-dealkylation sites (tertiary alicyclic amines) is 1. The lowest BCUT2D eigenvalue weighted by Gasteiger charge is -2.32. The Morgan fingerprint density at radius 2 is 1.86 bits per heavy atom. The summed E-state index contributed by atoms with van der Waals surface area (Å²) in [7, 11) is 0. The number of anilines is 1. The topological polar surface area (TPSA) is 71.1 Å². The molecule has 0 bridgehead atoms. The van der Waals surface area contributed by atoms with Crippen molar-refractivity contribution in [1.82, 2.24) is 9.80 Å². The molecule has 0 spiro atoms. The Kier molecular flexibility index (Phi) is 6.18. The maximum absolute atomic E-state index is 12.9. The van der Waals surface area contributed by atoms with E-state index in [-0.39, 0.29) is 24.4 Å². The summed E-state index contributed by atoms with van der Waals surface area (Å²) in [6.45, 7) is 3.47. The van der Waals surface area contributed by atoms with Crippen LogP contribution in [0.2, 0.25) is 5.02 Å². The van der Waals surface area contributed by atoms with Crippen LogP contribution in [0.5, 0.6) is 11.5 Å². The van der Waals surface area contributed by atoms with Gasteiger partial charge in [0.05, 0.1) is 23.3 Å². The van der Waals surface area contributed by atoms with Gasteiger partial charge in [-0.05, 0) is 19.4 Å². The fourth-order valence-corrected chi connectivity index (χ4v) is 4.93. The van der Waals surface area contributed by atoms with Crippen molar-refractivity contribution in [3.63, 3.8) is 0 Å². The summed E-state index contributed by atoms with van der Waals surface area (Å²) in [5.74, 6) is 3.10. The first-order valence-electron chi connectivity index (χ1n) is 9.61. The van der Waals surface area contributed by atoms with E-state index in [2.05, 4.69) is 5.32 Å². The summed E-state index contributed by atoms with van der Waals surface area (Å²) in [6, 6.07) is 3.14. The number of ether oxygens (including phenoxy) is 2. The molecule has 0 radical (unpaired) electrons. The molecule has 2 amide bonds. The Morgan fingerprint density at radius 1 is 1.14 bits per heavy atom. The molecule has 2 fully saturated rings. The number of rotatable bonds is 4. The second kappa shape index (κ2) is 8.80. The van der Waals surface area contributed by atoms with E-state index in [0.717, 1.165) is 44.0 Å². The average molecular weight is 426 g/mol. The maximum atomic E-state index is 12.9. The maximum Gasteiger partial charge on any atom is 0.239 e. The number of amides is 2. The Hall–Kier alpha value is -1.64. The number of carbonyl (C=O) groups is 2. The number of nitrogens with one attached hydrogen (secondary N) is 1. The van der Waals surface area contributed by atoms with Crippen LogP contribution in [0.25, 0.3) is 0 Å². The zero-order valence-electron chi connectivity index (χ0n) is 15.6. The van der Waals surface area contributed by atoms with Gasteiger partial charge < -0.3 is 19.7 Å². The van der Waals surface area contributed by atoms with Crippen LogP contribution < -0.4 is 14.8 Å². The van der Waals surface area contributed by atoms with Crippen LogP contribution in [0.3, 0.4) is 0 Å². The van der Waals surface area contributed by atoms with Gasteiger partial charge in [0.1, 0.15) is 13.2 Å². The highest BCUT2D eigenvalue weighted by molar-refractivity contribution is 7.99. The minimum absolute atomic E-state index is 0.156. The fraction of sp³-hybridized carbons (Fsp3) is 0.579. The molecular formula is C19H24ClN3O4S. The van der Waals surface area contributed by atoms with E-state index < -0.39 is 0 Å². The molecule has 2 saturated heterocycles. The van der Waals surface area contributed by atoms with Crippen molar-refractivity contribution in [1.29, 1.82) is 0 Å². The molecule has 1 N–H and O–H groups in total. The van der Waals surface area contributed by atoms with E-state index in [0.29, 0.717) is 35.4 Å². The van der Waals surface area contributed by atoms with Crippen molar-refractivity contribution in [2.45, 2.75) is 18.9 Å². The van der Waals surface area contributed by atoms with Crippen LogP contribution >= 0.6 is 23.4 Å². The Labute approximate surface area is 173 Å². The molecule has 1 aromatic rings. The van der Waals surface area contributed by atoms with Gasteiger partial charge in [-0.15, -0.1) is 0 Å². The van der Waals surface area contributed by atoms with Crippen molar-refractivity contribution in [3.05, 3.63) is 17.2 Å². The van der Waals surface area contributed by atoms with E-state index in [1.807, 2.05) is 21.6 Å². The van der Waals surface area contributed by atoms with Crippen molar-refractivity contribution in [2.75, 3.05) is 56.2 Å². The molecule has 3 aliphatic rings. The van der Waals surface area contributed by atoms with E-state index in [1.54, 1.807) is 12.1 Å². The molecular weight excluding hydrogens is 402 g/mol. The Balaban J connectivity index is 1.38. The highest BCUT2D eigenvalue weighted by Gasteiger charge is 2.35. The summed E-state index contributed by atoms with van der Waals surface area (Å²) in [4.78, 5) is 29.4. The highest BCUT2D eigenvalue weighted by Crippen LogP contribution is 2.38. The largest absolute Gasteiger partial charge is 0.486 e. The lowest BCUT2D eigenvalue weighted by Crippen LogP contribution is -2.49. The molecule has 3 aliphatic heterocycles. The number of hydrogen-bond donors (Lipinski definition) is 1. The molecule has 152 valence electrons. The van der Waals surface area contributed by atoms with Gasteiger partial charge in [-0.25, -0.2) is 0 Å². The molecule has 3 heterocycles. The summed E-state index contributed by atoms with van der Waals surface area (Å²) >= 11 is 8.16. The lowest BCUT2D eigenvalue weighted by atomic mass is 10.2. The van der Waals surface area contributed by atoms with Crippen LogP contribution in [0.1, 0.15) is 12.8 Å². The summed E-state index contributed by atoms with van der Waals surface area (Å²) in [5, 5.41) is 3.25. The second-order valence-electron chi connectivity index (χ2n) is 7.09. The highest BCUT2D eigenvalue weighted by atomic mass is 35.5. The minimum atomic E-state index is -0.204. The van der Waals surface area contributed by atoms with Gasteiger partial charge in [0.15, 0.2) is 11.5 Å². The molecule has 0 saturated carbocycles. The second-order valence-corrected chi connectivity index (χ2v) is 8.72. The van der Waals surface area contributed by atoms with Gasteiger partial charge >= 0.3 is 0 Å². The van der Waals surface area contributed by atoms with Crippen molar-refractivity contribution in [2.24, 2.45) is 0 Å². The first-order chi connectivity index (χ1) is 13.6. The number of benzene rings is 1. The van der Waals surface area contributed by atoms with Gasteiger partial charge in [-0.1, -0.05) is 11.6 Å². The van der Waals surface area contributed by atoms with Gasteiger partial charge in [-0.2, -0.15) is 11.8 Å². The van der Waals surface area contributed by atoms with Gasteiger partial charge in [0.2, 0.25) is 11.8 Å². The predicted octanol–water partition coefficient (Wildman–Crippen LogP) is 2.09. The minimum Gasteiger partial charge on any atom is -0.486 e. The molecule has 9 heteroatoms. The van der Waals surface area contributed by atoms with E-state index in [4.69, 9.17) is 21.1 Å². The van der Waals surface area contributed by atoms with Gasteiger partial charge in [-0.3, -0.25) is 14.5 Å². The third kappa shape index (κ3) is 4.34. The van der Waals surface area contributed by atoms with Gasteiger partial charge in [0, 0.05) is 36.7 Å². The van der Waals surface area contributed by atoms with Crippen LogP contribution in [-0.2, 0) is 9.59 Å². The van der Waals surface area contributed by atoms with Crippen LogP contribution in [0, 0.1) is 0 Å². The zero-order chi connectivity index (χ0) is 19.5. The van der Waals surface area contributed by atoms with E-state index in [9.17, 15) is 9.59 Å². The first kappa shape index (κ1) is 19.7. The number of nitrogens with zero attached hydrogens (tertiary/aromatic N) is 2. The molecule has 0 aromatic heterocycles. The van der Waals surface area contributed by atoms with Crippen LogP contribution in [-0.4, -0.2) is 78.6 Å². The van der Waals surface area contributed by atoms with Gasteiger partial charge in [0.25, 0.3) is 0 Å². The Bertz CT molecular complexity index is 757. The SMILES string of the molecule is O=C(CN1CCCC1C(=O)N1CCSCC1)Nc1cc2c(cc1Cl)OCCO2. The number of carbonyl (C=O) groups excluding carboxylic acids is 2. The van der Waals surface area contributed by atoms with Crippen molar-refractivity contribution in [3.8, 4) is 11.5 Å². The van der Waals surface area contributed by atoms with Crippen LogP contribution in [0.4, 0.5) is 5.69 Å². The summed E-state index contributed by atoms with van der Waals surface area (Å²) in [6.07, 6.45) is 1.73. The molecule has 1 aromatic carbocycles. The van der Waals surface area contributed by atoms with E-state index in [1.165, 1.54) is 0 Å². The zero-order valence-corrected chi connectivity index (χ0v) is 17.2. The first-order valence-corrected chi connectivity index (χ1v) is 11.1. The summed E-state index contributed by atoms with van der Waals surface area (Å²) < 4.78 is 11.0. The fourth-order valence-electron chi connectivity index (χ4n) is 3.82. The molecule has 1 unspecified atom stereocenters. The third-order valence-corrected chi connectivity index (χ3v) is 6.48. The standard InChI is InChI=1S/C19H24ClN3O4S/c20-13-10-16-17(27-7-6-26-16)11-14(13)21-18(24)12-23-3-1-2-15(23)19(25)22-4-8-28-9-5-22/h10-11,15H,1-9,12H2,(H,21,24). The van der Waals surface area contributed by atoms with Crippen molar-refractivity contribution >= 4 is 40.9 Å². The number of thioether (sulfide) groups is 1. The lowest BCUT2D eigenvalue weighted by molar-refractivity contribution is -0.136. The number of halogens is 1. The quantitative estimate of drug-likeness (QED) is 0.796. The van der Waals surface area contributed by atoms with E-state index >= 15 is 0 Å². The predicted molar refractivity (Wildman–Crippen MR) is 110 cm³/mol. The summed E-state index contributed by atoms with van der Waals surface area (Å²) in [5.41, 5.74) is 0.492. The normalized spacial score (nSPS) is 22.2. The molecule has 0 aliphatic carbocycles. The number of fused-ring (bicyclic) bond motifs is 1. The van der Waals surface area contributed by atoms with Crippen LogP contribution in [0.15, 0.2) is 12.1 Å². The molecule has 7 nitrogen and oxygen atoms in total. The Morgan fingerprint density at radius 3 is 2.61 bits per heavy atom. The molecule has 1 atom stereocenters. The smallest absolute Gasteiger partial charge is 0.239 e. The third-order valence-electron chi connectivity index (χ3n) is 5.22. The molecule has 4 rings (SSSR count). The average Bonchev–Trinajstić information content (AvgIpc) is 3.16. The number of hydrogen-bond acceptors (Lipinski definition) is 6. The monoisotopic (exact) mass is 425 g/mol. The van der Waals surface area contributed by atoms with Crippen molar-refractivity contribution < 1.29 is 19.1 Å².